The second-order valence-electron chi connectivity index (χ2n) is 4.25. The number of aliphatic hydroxyl groups is 1. The lowest BCUT2D eigenvalue weighted by atomic mass is 10.0. The van der Waals surface area contributed by atoms with E-state index in [0.29, 0.717) is 13.0 Å². The van der Waals surface area contributed by atoms with E-state index in [2.05, 4.69) is 10.1 Å². The van der Waals surface area contributed by atoms with Crippen LogP contribution in [-0.4, -0.2) is 65.4 Å². The molecule has 1 saturated heterocycles. The van der Waals surface area contributed by atoms with Gasteiger partial charge in [0, 0.05) is 6.54 Å². The molecule has 0 aromatic rings. The first-order chi connectivity index (χ1) is 9.01. The molecule has 8 nitrogen and oxygen atoms in total. The number of ether oxygens (including phenoxy) is 1. The lowest BCUT2D eigenvalue weighted by Gasteiger charge is -2.34. The van der Waals surface area contributed by atoms with Crippen molar-refractivity contribution in [3.05, 3.63) is 0 Å². The molecule has 0 spiro atoms. The van der Waals surface area contributed by atoms with Gasteiger partial charge in [0.1, 0.15) is 6.04 Å². The average Bonchev–Trinajstić information content (AvgIpc) is 2.43. The fraction of sp³-hybridized carbons (Fsp3) is 0.727. The topological polar surface area (TPSA) is 116 Å². The number of likely N-dealkylation sites (tertiary alicyclic amines) is 1. The zero-order valence-electron chi connectivity index (χ0n) is 10.7. The molecule has 0 aromatic heterocycles. The zero-order chi connectivity index (χ0) is 14.4. The van der Waals surface area contributed by atoms with E-state index in [1.807, 2.05) is 0 Å². The molecule has 3 N–H and O–H groups in total. The number of carbonyl (C=O) groups is 3. The van der Waals surface area contributed by atoms with Gasteiger partial charge in [-0.25, -0.2) is 14.4 Å². The summed E-state index contributed by atoms with van der Waals surface area (Å²) in [4.78, 5) is 35.5. The number of nitrogens with zero attached hydrogens (tertiary/aromatic N) is 1. The van der Waals surface area contributed by atoms with Crippen molar-refractivity contribution in [1.29, 1.82) is 0 Å². The Kier molecular flexibility index (Phi) is 5.56. The third kappa shape index (κ3) is 3.82. The normalized spacial score (nSPS) is 20.5. The number of aliphatic carboxylic acids is 1. The minimum atomic E-state index is -1.38. The van der Waals surface area contributed by atoms with Crippen LogP contribution in [0.5, 0.6) is 0 Å². The number of carbonyl (C=O) groups excluding carboxylic acids is 2. The van der Waals surface area contributed by atoms with Crippen molar-refractivity contribution in [2.24, 2.45) is 0 Å². The third-order valence-corrected chi connectivity index (χ3v) is 3.02. The molecule has 2 atom stereocenters. The summed E-state index contributed by atoms with van der Waals surface area (Å²) in [7, 11) is 1.24. The van der Waals surface area contributed by atoms with Crippen LogP contribution in [0, 0.1) is 0 Å². The van der Waals surface area contributed by atoms with Gasteiger partial charge in [-0.05, 0) is 19.3 Å². The predicted molar refractivity (Wildman–Crippen MR) is 63.4 cm³/mol. The Bertz CT molecular complexity index is 359. The molecule has 0 saturated carbocycles. The first-order valence-corrected chi connectivity index (χ1v) is 6.00. The number of nitrogens with one attached hydrogen (secondary N) is 1. The number of carboxylic acid groups (broad SMARTS) is 1. The van der Waals surface area contributed by atoms with Crippen LogP contribution in [0.25, 0.3) is 0 Å². The summed E-state index contributed by atoms with van der Waals surface area (Å²) >= 11 is 0. The van der Waals surface area contributed by atoms with Crippen molar-refractivity contribution in [3.63, 3.8) is 0 Å². The summed E-state index contributed by atoms with van der Waals surface area (Å²) in [5.41, 5.74) is 0. The molecule has 0 aliphatic carbocycles. The molecule has 1 aliphatic heterocycles. The van der Waals surface area contributed by atoms with Crippen LogP contribution in [0.2, 0.25) is 0 Å². The van der Waals surface area contributed by atoms with Crippen LogP contribution in [0.3, 0.4) is 0 Å². The fourth-order valence-corrected chi connectivity index (χ4v) is 1.97. The van der Waals surface area contributed by atoms with Crippen molar-refractivity contribution in [2.75, 3.05) is 20.3 Å². The van der Waals surface area contributed by atoms with Crippen LogP contribution in [0.1, 0.15) is 19.3 Å². The Morgan fingerprint density at radius 2 is 2.11 bits per heavy atom. The molecular formula is C11H18N2O6. The highest BCUT2D eigenvalue weighted by Gasteiger charge is 2.34. The van der Waals surface area contributed by atoms with Gasteiger partial charge in [-0.3, -0.25) is 0 Å². The Labute approximate surface area is 110 Å². The van der Waals surface area contributed by atoms with Gasteiger partial charge in [0.2, 0.25) is 0 Å². The standard InChI is InChI=1S/C11H18N2O6/c1-19-10(17)8-4-2-3-5-13(8)11(18)12-7(6-14)9(15)16/h7-8,14H,2-6H2,1H3,(H,12,18)(H,15,16). The lowest BCUT2D eigenvalue weighted by molar-refractivity contribution is -0.146. The first-order valence-electron chi connectivity index (χ1n) is 6.00. The number of urea groups is 1. The maximum absolute atomic E-state index is 11.9. The zero-order valence-corrected chi connectivity index (χ0v) is 10.7. The number of esters is 1. The number of methoxy groups -OCH3 is 1. The molecule has 1 aliphatic rings. The van der Waals surface area contributed by atoms with E-state index >= 15 is 0 Å². The van der Waals surface area contributed by atoms with Crippen LogP contribution in [-0.2, 0) is 14.3 Å². The monoisotopic (exact) mass is 274 g/mol. The molecule has 8 heteroatoms. The number of amides is 2. The summed E-state index contributed by atoms with van der Waals surface area (Å²) < 4.78 is 4.62. The van der Waals surface area contributed by atoms with Crippen LogP contribution >= 0.6 is 0 Å². The molecule has 0 aromatic carbocycles. The molecule has 2 amide bonds. The number of rotatable bonds is 4. The summed E-state index contributed by atoms with van der Waals surface area (Å²) in [6, 6.07) is -2.77. The number of aliphatic hydroxyl groups excluding tert-OH is 1. The largest absolute Gasteiger partial charge is 0.480 e. The summed E-state index contributed by atoms with van der Waals surface area (Å²) in [5.74, 6) is -1.85. The van der Waals surface area contributed by atoms with Gasteiger partial charge in [0.05, 0.1) is 13.7 Å². The van der Waals surface area contributed by atoms with Gasteiger partial charge >= 0.3 is 18.0 Å². The van der Waals surface area contributed by atoms with Gasteiger partial charge in [-0.15, -0.1) is 0 Å². The van der Waals surface area contributed by atoms with Crippen molar-refractivity contribution in [2.45, 2.75) is 31.3 Å². The van der Waals surface area contributed by atoms with E-state index in [9.17, 15) is 14.4 Å². The highest BCUT2D eigenvalue weighted by atomic mass is 16.5. The predicted octanol–water partition coefficient (Wildman–Crippen LogP) is -0.831. The molecule has 0 bridgehead atoms. The van der Waals surface area contributed by atoms with Gasteiger partial charge in [0.25, 0.3) is 0 Å². The number of hydrogen-bond acceptors (Lipinski definition) is 5. The second kappa shape index (κ2) is 6.93. The minimum Gasteiger partial charge on any atom is -0.480 e. The number of piperidine rings is 1. The molecule has 2 unspecified atom stereocenters. The van der Waals surface area contributed by atoms with Gasteiger partial charge in [-0.2, -0.15) is 0 Å². The van der Waals surface area contributed by atoms with Gasteiger partial charge in [-0.1, -0.05) is 0 Å². The van der Waals surface area contributed by atoms with E-state index in [4.69, 9.17) is 10.2 Å². The smallest absolute Gasteiger partial charge is 0.328 e. The van der Waals surface area contributed by atoms with Crippen molar-refractivity contribution >= 4 is 18.0 Å². The summed E-state index contributed by atoms with van der Waals surface area (Å²) in [6.07, 6.45) is 2.01. The molecule has 108 valence electrons. The van der Waals surface area contributed by atoms with Crippen molar-refractivity contribution in [1.82, 2.24) is 10.2 Å². The molecule has 1 fully saturated rings. The van der Waals surface area contributed by atoms with Crippen molar-refractivity contribution in [3.8, 4) is 0 Å². The van der Waals surface area contributed by atoms with Crippen LogP contribution in [0.15, 0.2) is 0 Å². The molecule has 0 radical (unpaired) electrons. The lowest BCUT2D eigenvalue weighted by Crippen LogP contribution is -2.56. The SMILES string of the molecule is COC(=O)C1CCCCN1C(=O)NC(CO)C(=O)O. The molecule has 1 heterocycles. The van der Waals surface area contributed by atoms with Gasteiger partial charge < -0.3 is 25.2 Å². The second-order valence-corrected chi connectivity index (χ2v) is 4.25. The number of hydrogen-bond donors (Lipinski definition) is 3. The average molecular weight is 274 g/mol. The summed E-state index contributed by atoms with van der Waals surface area (Å²) in [5, 5.41) is 19.8. The van der Waals surface area contributed by atoms with Crippen molar-refractivity contribution < 1.29 is 29.3 Å². The maximum atomic E-state index is 11.9. The van der Waals surface area contributed by atoms with Gasteiger partial charge in [0.15, 0.2) is 6.04 Å². The maximum Gasteiger partial charge on any atom is 0.328 e. The summed E-state index contributed by atoms with van der Waals surface area (Å²) in [6.45, 7) is -0.360. The van der Waals surface area contributed by atoms with Crippen LogP contribution in [0.4, 0.5) is 4.79 Å². The minimum absolute atomic E-state index is 0.351. The molecule has 1 rings (SSSR count). The molecule has 19 heavy (non-hydrogen) atoms. The van der Waals surface area contributed by atoms with E-state index in [-0.39, 0.29) is 0 Å². The molecular weight excluding hydrogens is 256 g/mol. The van der Waals surface area contributed by atoms with E-state index in [0.717, 1.165) is 12.8 Å². The van der Waals surface area contributed by atoms with Crippen LogP contribution < -0.4 is 5.32 Å². The first kappa shape index (κ1) is 15.2. The van der Waals surface area contributed by atoms with E-state index in [1.165, 1.54) is 12.0 Å². The number of carboxylic acids is 1. The van der Waals surface area contributed by atoms with E-state index < -0.39 is 36.7 Å². The Balaban J connectivity index is 2.71. The quantitative estimate of drug-likeness (QED) is 0.576. The Hall–Kier alpha value is -1.83. The third-order valence-electron chi connectivity index (χ3n) is 3.02. The fourth-order valence-electron chi connectivity index (χ4n) is 1.97. The highest BCUT2D eigenvalue weighted by molar-refractivity contribution is 5.86. The van der Waals surface area contributed by atoms with E-state index in [1.54, 1.807) is 0 Å². The Morgan fingerprint density at radius 3 is 2.63 bits per heavy atom. The Morgan fingerprint density at radius 1 is 1.42 bits per heavy atom. The highest BCUT2D eigenvalue weighted by Crippen LogP contribution is 2.18.